The first-order chi connectivity index (χ1) is 8.66. The Bertz CT molecular complexity index is 574. The second-order valence-electron chi connectivity index (χ2n) is 3.67. The fourth-order valence-corrected chi connectivity index (χ4v) is 1.39. The Balaban J connectivity index is 2.08. The van der Waals surface area contributed by atoms with Crippen LogP contribution in [0.5, 0.6) is 5.75 Å². The number of hydrogen-bond acceptors (Lipinski definition) is 4. The quantitative estimate of drug-likeness (QED) is 0.641. The summed E-state index contributed by atoms with van der Waals surface area (Å²) in [5.74, 6) is -0.0682. The number of benzene rings is 1. The van der Waals surface area contributed by atoms with Crippen LogP contribution in [0.4, 0.5) is 0 Å². The van der Waals surface area contributed by atoms with Crippen LogP contribution in [0.2, 0.25) is 0 Å². The lowest BCUT2D eigenvalue weighted by Crippen LogP contribution is -2.18. The van der Waals surface area contributed by atoms with Gasteiger partial charge in [0.2, 0.25) is 0 Å². The van der Waals surface area contributed by atoms with Crippen molar-refractivity contribution in [3.63, 3.8) is 0 Å². The van der Waals surface area contributed by atoms with Crippen LogP contribution in [0.3, 0.4) is 0 Å². The van der Waals surface area contributed by atoms with Crippen LogP contribution >= 0.6 is 0 Å². The molecule has 1 heterocycles. The van der Waals surface area contributed by atoms with E-state index in [1.54, 1.807) is 43.3 Å². The maximum absolute atomic E-state index is 11.5. The molecule has 5 nitrogen and oxygen atoms in total. The van der Waals surface area contributed by atoms with E-state index in [0.29, 0.717) is 5.71 Å². The zero-order valence-electron chi connectivity index (χ0n) is 9.75. The van der Waals surface area contributed by atoms with Crippen LogP contribution in [0.1, 0.15) is 23.0 Å². The summed E-state index contributed by atoms with van der Waals surface area (Å²) < 4.78 is 4.93. The largest absolute Gasteiger partial charge is 0.508 e. The molecule has 0 unspecified atom stereocenters. The number of furan rings is 1. The number of hydrogen-bond donors (Lipinski definition) is 2. The van der Waals surface area contributed by atoms with E-state index in [-0.39, 0.29) is 11.5 Å². The smallest absolute Gasteiger partial charge is 0.307 e. The molecule has 2 aromatic rings. The Morgan fingerprint density at radius 2 is 2.17 bits per heavy atom. The molecule has 1 amide bonds. The van der Waals surface area contributed by atoms with Gasteiger partial charge in [0.05, 0.1) is 12.0 Å². The highest BCUT2D eigenvalue weighted by Crippen LogP contribution is 2.11. The summed E-state index contributed by atoms with van der Waals surface area (Å²) in [6, 6.07) is 9.81. The molecule has 0 fully saturated rings. The highest BCUT2D eigenvalue weighted by Gasteiger charge is 2.07. The van der Waals surface area contributed by atoms with Crippen LogP contribution in [-0.2, 0) is 0 Å². The predicted molar refractivity (Wildman–Crippen MR) is 66.5 cm³/mol. The Hall–Kier alpha value is -2.56. The highest BCUT2D eigenvalue weighted by atomic mass is 16.3. The molecule has 0 aliphatic carbocycles. The van der Waals surface area contributed by atoms with Gasteiger partial charge in [0, 0.05) is 5.56 Å². The number of rotatable bonds is 3. The third-order valence-corrected chi connectivity index (χ3v) is 2.33. The Morgan fingerprint density at radius 1 is 1.33 bits per heavy atom. The second-order valence-corrected chi connectivity index (χ2v) is 3.67. The van der Waals surface area contributed by atoms with E-state index < -0.39 is 5.91 Å². The fraction of sp³-hybridized carbons (Fsp3) is 0.0769. The second kappa shape index (κ2) is 5.18. The van der Waals surface area contributed by atoms with Crippen LogP contribution in [0, 0.1) is 0 Å². The standard InChI is InChI=1S/C13H12N2O3/c1-9(10-4-2-5-11(16)8-10)14-15-13(17)12-6-3-7-18-12/h2-8,16H,1H3,(H,15,17). The Morgan fingerprint density at radius 3 is 2.83 bits per heavy atom. The number of carbonyl (C=O) groups is 1. The van der Waals surface area contributed by atoms with Gasteiger partial charge in [-0.25, -0.2) is 5.43 Å². The van der Waals surface area contributed by atoms with Crippen LogP contribution < -0.4 is 5.43 Å². The summed E-state index contributed by atoms with van der Waals surface area (Å²) in [7, 11) is 0. The van der Waals surface area contributed by atoms with E-state index in [2.05, 4.69) is 10.5 Å². The molecule has 1 aromatic carbocycles. The summed E-state index contributed by atoms with van der Waals surface area (Å²) in [6.45, 7) is 1.73. The summed E-state index contributed by atoms with van der Waals surface area (Å²) in [6.07, 6.45) is 1.42. The zero-order valence-corrected chi connectivity index (χ0v) is 9.75. The fourth-order valence-electron chi connectivity index (χ4n) is 1.39. The van der Waals surface area contributed by atoms with Gasteiger partial charge >= 0.3 is 5.91 Å². The van der Waals surface area contributed by atoms with Crippen molar-refractivity contribution < 1.29 is 14.3 Å². The van der Waals surface area contributed by atoms with Crippen LogP contribution in [-0.4, -0.2) is 16.7 Å². The minimum Gasteiger partial charge on any atom is -0.508 e. The lowest BCUT2D eigenvalue weighted by Gasteiger charge is -2.02. The van der Waals surface area contributed by atoms with Crippen molar-refractivity contribution in [2.75, 3.05) is 0 Å². The molecular weight excluding hydrogens is 232 g/mol. The van der Waals surface area contributed by atoms with Gasteiger partial charge in [-0.2, -0.15) is 5.10 Å². The summed E-state index contributed by atoms with van der Waals surface area (Å²) in [5, 5.41) is 13.3. The first-order valence-corrected chi connectivity index (χ1v) is 5.34. The normalized spacial score (nSPS) is 11.3. The number of aromatic hydroxyl groups is 1. The van der Waals surface area contributed by atoms with Crippen molar-refractivity contribution in [3.05, 3.63) is 54.0 Å². The van der Waals surface area contributed by atoms with Crippen molar-refractivity contribution in [2.24, 2.45) is 5.10 Å². The number of carbonyl (C=O) groups excluding carboxylic acids is 1. The monoisotopic (exact) mass is 244 g/mol. The molecule has 1 aromatic heterocycles. The zero-order chi connectivity index (χ0) is 13.0. The van der Waals surface area contributed by atoms with Crippen molar-refractivity contribution in [1.82, 2.24) is 5.43 Å². The van der Waals surface area contributed by atoms with E-state index in [4.69, 9.17) is 4.42 Å². The van der Waals surface area contributed by atoms with E-state index in [1.807, 2.05) is 0 Å². The average Bonchev–Trinajstić information content (AvgIpc) is 2.89. The van der Waals surface area contributed by atoms with E-state index in [9.17, 15) is 9.90 Å². The molecule has 0 saturated carbocycles. The Kier molecular flexibility index (Phi) is 3.43. The third-order valence-electron chi connectivity index (χ3n) is 2.33. The summed E-state index contributed by atoms with van der Waals surface area (Å²) in [4.78, 5) is 11.5. The highest BCUT2D eigenvalue weighted by molar-refractivity contribution is 6.00. The lowest BCUT2D eigenvalue weighted by atomic mass is 10.1. The molecule has 18 heavy (non-hydrogen) atoms. The molecule has 0 spiro atoms. The summed E-state index contributed by atoms with van der Waals surface area (Å²) >= 11 is 0. The molecule has 0 radical (unpaired) electrons. The minimum absolute atomic E-state index is 0.152. The van der Waals surface area contributed by atoms with Gasteiger partial charge in [0.1, 0.15) is 5.75 Å². The SMILES string of the molecule is CC(=NNC(=O)c1ccco1)c1cccc(O)c1. The lowest BCUT2D eigenvalue weighted by molar-refractivity contribution is 0.0927. The molecule has 0 bridgehead atoms. The van der Waals surface area contributed by atoms with Crippen molar-refractivity contribution >= 4 is 11.6 Å². The number of hydrazone groups is 1. The molecule has 0 aliphatic rings. The summed E-state index contributed by atoms with van der Waals surface area (Å²) in [5.41, 5.74) is 3.70. The first kappa shape index (κ1) is 11.9. The maximum atomic E-state index is 11.5. The van der Waals surface area contributed by atoms with Gasteiger partial charge in [-0.1, -0.05) is 12.1 Å². The molecule has 0 saturated heterocycles. The topological polar surface area (TPSA) is 74.8 Å². The van der Waals surface area contributed by atoms with E-state index >= 15 is 0 Å². The molecular formula is C13H12N2O3. The van der Waals surface area contributed by atoms with Crippen molar-refractivity contribution in [2.45, 2.75) is 6.92 Å². The van der Waals surface area contributed by atoms with Gasteiger partial charge in [-0.15, -0.1) is 0 Å². The van der Waals surface area contributed by atoms with Crippen molar-refractivity contribution in [3.8, 4) is 5.75 Å². The maximum Gasteiger partial charge on any atom is 0.307 e. The third kappa shape index (κ3) is 2.76. The Labute approximate surface area is 104 Å². The molecule has 92 valence electrons. The van der Waals surface area contributed by atoms with Crippen LogP contribution in [0.15, 0.2) is 52.2 Å². The number of amides is 1. The van der Waals surface area contributed by atoms with Gasteiger partial charge in [-0.05, 0) is 31.2 Å². The van der Waals surface area contributed by atoms with Gasteiger partial charge < -0.3 is 9.52 Å². The minimum atomic E-state index is -0.417. The number of phenols is 1. The predicted octanol–water partition coefficient (Wildman–Crippen LogP) is 2.14. The number of phenolic OH excluding ortho intramolecular Hbond substituents is 1. The van der Waals surface area contributed by atoms with Crippen LogP contribution in [0.25, 0.3) is 0 Å². The molecule has 5 heteroatoms. The average molecular weight is 244 g/mol. The molecule has 2 rings (SSSR count). The molecule has 2 N–H and O–H groups in total. The van der Waals surface area contributed by atoms with E-state index in [0.717, 1.165) is 5.56 Å². The van der Waals surface area contributed by atoms with E-state index in [1.165, 1.54) is 6.26 Å². The molecule has 0 atom stereocenters. The van der Waals surface area contributed by atoms with Gasteiger partial charge in [0.25, 0.3) is 0 Å². The molecule has 0 aliphatic heterocycles. The first-order valence-electron chi connectivity index (χ1n) is 5.34. The number of nitrogens with one attached hydrogen (secondary N) is 1. The van der Waals surface area contributed by atoms with Crippen molar-refractivity contribution in [1.29, 1.82) is 0 Å². The van der Waals surface area contributed by atoms with Gasteiger partial charge in [0.15, 0.2) is 5.76 Å². The van der Waals surface area contributed by atoms with Gasteiger partial charge in [-0.3, -0.25) is 4.79 Å². The number of nitrogens with zero attached hydrogens (tertiary/aromatic N) is 1.